The largest absolute Gasteiger partial charge is 0.395 e. The number of benzene rings is 1. The Morgan fingerprint density at radius 2 is 1.80 bits per heavy atom. The number of hydrogen-bond acceptors (Lipinski definition) is 7. The molecule has 1 aromatic carbocycles. The Morgan fingerprint density at radius 3 is 2.63 bits per heavy atom. The molecule has 5 rings (SSSR count). The van der Waals surface area contributed by atoms with E-state index >= 15 is 0 Å². The van der Waals surface area contributed by atoms with E-state index in [9.17, 15) is 0 Å². The van der Waals surface area contributed by atoms with Crippen LogP contribution < -0.4 is 5.73 Å². The molecule has 0 radical (unpaired) electrons. The molecule has 4 aromatic rings. The van der Waals surface area contributed by atoms with Gasteiger partial charge >= 0.3 is 0 Å². The van der Waals surface area contributed by atoms with Crippen molar-refractivity contribution in [3.05, 3.63) is 54.5 Å². The van der Waals surface area contributed by atoms with Crippen molar-refractivity contribution in [2.45, 2.75) is 6.54 Å². The molecule has 0 aliphatic carbocycles. The SMILES string of the molecule is Nc1cc(CN2CCN(CCO)CC2)nc2c(-c3cnc4ccccc4c3)cnn12. The zero-order valence-electron chi connectivity index (χ0n) is 16.8. The molecule has 0 unspecified atom stereocenters. The molecule has 0 amide bonds. The Labute approximate surface area is 174 Å². The van der Waals surface area contributed by atoms with Crippen LogP contribution in [0.1, 0.15) is 5.69 Å². The summed E-state index contributed by atoms with van der Waals surface area (Å²) in [6, 6.07) is 12.1. The van der Waals surface area contributed by atoms with Crippen molar-refractivity contribution in [2.24, 2.45) is 0 Å². The summed E-state index contributed by atoms with van der Waals surface area (Å²) in [5, 5.41) is 14.6. The van der Waals surface area contributed by atoms with E-state index in [0.717, 1.165) is 72.6 Å². The number of para-hydroxylation sites is 1. The van der Waals surface area contributed by atoms with E-state index in [4.69, 9.17) is 15.8 Å². The van der Waals surface area contributed by atoms with E-state index in [0.29, 0.717) is 5.82 Å². The normalized spacial score (nSPS) is 15.9. The monoisotopic (exact) mass is 403 g/mol. The number of β-amino-alcohol motifs (C(OH)–C–C–N with tert-alkyl or cyclic N) is 1. The molecule has 8 nitrogen and oxygen atoms in total. The first-order valence-corrected chi connectivity index (χ1v) is 10.2. The Kier molecular flexibility index (Phi) is 5.04. The first kappa shape index (κ1) is 18.9. The maximum absolute atomic E-state index is 9.12. The van der Waals surface area contributed by atoms with Crippen molar-refractivity contribution in [2.75, 3.05) is 45.1 Å². The average molecular weight is 403 g/mol. The molecule has 1 aliphatic heterocycles. The zero-order valence-corrected chi connectivity index (χ0v) is 16.8. The predicted octanol–water partition coefficient (Wildman–Crippen LogP) is 1.64. The zero-order chi connectivity index (χ0) is 20.5. The van der Waals surface area contributed by atoms with E-state index in [1.54, 1.807) is 4.52 Å². The van der Waals surface area contributed by atoms with Crippen molar-refractivity contribution in [1.29, 1.82) is 0 Å². The molecular formula is C22H25N7O. The van der Waals surface area contributed by atoms with Crippen LogP contribution in [-0.4, -0.2) is 73.8 Å². The van der Waals surface area contributed by atoms with Gasteiger partial charge in [-0.1, -0.05) is 18.2 Å². The van der Waals surface area contributed by atoms with Crippen LogP contribution in [0.2, 0.25) is 0 Å². The predicted molar refractivity (Wildman–Crippen MR) is 117 cm³/mol. The van der Waals surface area contributed by atoms with Gasteiger partial charge in [-0.25, -0.2) is 4.98 Å². The number of aliphatic hydroxyl groups is 1. The molecule has 0 bridgehead atoms. The van der Waals surface area contributed by atoms with E-state index in [1.165, 1.54) is 0 Å². The molecule has 1 saturated heterocycles. The topological polar surface area (TPSA) is 95.8 Å². The van der Waals surface area contributed by atoms with Crippen molar-refractivity contribution in [1.82, 2.24) is 29.4 Å². The minimum atomic E-state index is 0.211. The summed E-state index contributed by atoms with van der Waals surface area (Å²) in [5.41, 5.74) is 10.8. The fourth-order valence-electron chi connectivity index (χ4n) is 4.08. The van der Waals surface area contributed by atoms with Crippen LogP contribution in [0, 0.1) is 0 Å². The number of aliphatic hydroxyl groups excluding tert-OH is 1. The fraction of sp³-hybridized carbons (Fsp3) is 0.318. The minimum absolute atomic E-state index is 0.211. The molecule has 8 heteroatoms. The Morgan fingerprint density at radius 1 is 1.00 bits per heavy atom. The number of piperazine rings is 1. The summed E-state index contributed by atoms with van der Waals surface area (Å²) in [6.45, 7) is 5.51. The van der Waals surface area contributed by atoms with Crippen LogP contribution in [0.25, 0.3) is 27.7 Å². The molecule has 0 atom stereocenters. The average Bonchev–Trinajstić information content (AvgIpc) is 3.19. The molecule has 4 heterocycles. The van der Waals surface area contributed by atoms with Crippen LogP contribution in [0.4, 0.5) is 5.82 Å². The lowest BCUT2D eigenvalue weighted by Crippen LogP contribution is -2.46. The molecule has 1 fully saturated rings. The second kappa shape index (κ2) is 7.98. The van der Waals surface area contributed by atoms with Crippen molar-refractivity contribution < 1.29 is 5.11 Å². The van der Waals surface area contributed by atoms with Gasteiger partial charge in [-0.15, -0.1) is 0 Å². The van der Waals surface area contributed by atoms with Crippen molar-refractivity contribution in [3.8, 4) is 11.1 Å². The molecule has 1 aliphatic rings. The second-order valence-corrected chi connectivity index (χ2v) is 7.72. The lowest BCUT2D eigenvalue weighted by molar-refractivity contribution is 0.108. The number of rotatable bonds is 5. The van der Waals surface area contributed by atoms with Crippen LogP contribution >= 0.6 is 0 Å². The van der Waals surface area contributed by atoms with E-state index in [2.05, 4.69) is 32.0 Å². The highest BCUT2D eigenvalue weighted by molar-refractivity contribution is 5.86. The van der Waals surface area contributed by atoms with Gasteiger partial charge in [0.1, 0.15) is 5.82 Å². The molecule has 154 valence electrons. The van der Waals surface area contributed by atoms with Crippen molar-refractivity contribution in [3.63, 3.8) is 0 Å². The molecular weight excluding hydrogens is 378 g/mol. The maximum Gasteiger partial charge on any atom is 0.165 e. The van der Waals surface area contributed by atoms with Gasteiger partial charge in [0.05, 0.1) is 24.0 Å². The maximum atomic E-state index is 9.12. The van der Waals surface area contributed by atoms with Gasteiger partial charge in [-0.3, -0.25) is 14.8 Å². The summed E-state index contributed by atoms with van der Waals surface area (Å²) >= 11 is 0. The quantitative estimate of drug-likeness (QED) is 0.523. The first-order valence-electron chi connectivity index (χ1n) is 10.2. The van der Waals surface area contributed by atoms with Gasteiger partial charge in [-0.05, 0) is 12.1 Å². The Bertz CT molecular complexity index is 1180. The van der Waals surface area contributed by atoms with Crippen LogP contribution in [-0.2, 0) is 6.54 Å². The van der Waals surface area contributed by atoms with Crippen LogP contribution in [0.15, 0.2) is 48.8 Å². The van der Waals surface area contributed by atoms with E-state index in [1.807, 2.05) is 36.7 Å². The first-order chi connectivity index (χ1) is 14.7. The van der Waals surface area contributed by atoms with E-state index < -0.39 is 0 Å². The summed E-state index contributed by atoms with van der Waals surface area (Å²) in [7, 11) is 0. The lowest BCUT2D eigenvalue weighted by Gasteiger charge is -2.34. The third-order valence-electron chi connectivity index (χ3n) is 5.72. The Balaban J connectivity index is 1.44. The molecule has 3 aromatic heterocycles. The second-order valence-electron chi connectivity index (χ2n) is 7.72. The number of aromatic nitrogens is 4. The highest BCUT2D eigenvalue weighted by atomic mass is 16.3. The van der Waals surface area contributed by atoms with Crippen LogP contribution in [0.5, 0.6) is 0 Å². The molecule has 30 heavy (non-hydrogen) atoms. The van der Waals surface area contributed by atoms with Crippen molar-refractivity contribution >= 4 is 22.4 Å². The molecule has 0 spiro atoms. The van der Waals surface area contributed by atoms with Gasteiger partial charge in [0, 0.05) is 68.0 Å². The number of fused-ring (bicyclic) bond motifs is 2. The van der Waals surface area contributed by atoms with Gasteiger partial charge in [0.2, 0.25) is 0 Å². The lowest BCUT2D eigenvalue weighted by atomic mass is 10.1. The summed E-state index contributed by atoms with van der Waals surface area (Å²) in [5.74, 6) is 0.578. The Hall–Kier alpha value is -3.07. The summed E-state index contributed by atoms with van der Waals surface area (Å²) < 4.78 is 1.69. The number of pyridine rings is 1. The highest BCUT2D eigenvalue weighted by Gasteiger charge is 2.18. The number of nitrogens with two attached hydrogens (primary N) is 1. The number of nitrogens with zero attached hydrogens (tertiary/aromatic N) is 6. The van der Waals surface area contributed by atoms with Crippen LogP contribution in [0.3, 0.4) is 0 Å². The number of hydrogen-bond donors (Lipinski definition) is 2. The standard InChI is InChI=1S/C22H25N7O/c23-21-12-18(15-28-7-5-27(6-8-28)9-10-30)26-22-19(14-25-29(21)22)17-11-16-3-1-2-4-20(16)24-13-17/h1-4,11-14,30H,5-10,15,23H2. The summed E-state index contributed by atoms with van der Waals surface area (Å²) in [4.78, 5) is 14.1. The molecule has 3 N–H and O–H groups in total. The van der Waals surface area contributed by atoms with Gasteiger partial charge in [0.25, 0.3) is 0 Å². The number of anilines is 1. The minimum Gasteiger partial charge on any atom is -0.395 e. The van der Waals surface area contributed by atoms with Gasteiger partial charge in [-0.2, -0.15) is 9.61 Å². The molecule has 0 saturated carbocycles. The smallest absolute Gasteiger partial charge is 0.165 e. The van der Waals surface area contributed by atoms with Gasteiger partial charge in [0.15, 0.2) is 5.65 Å². The third kappa shape index (κ3) is 3.60. The third-order valence-corrected chi connectivity index (χ3v) is 5.72. The highest BCUT2D eigenvalue weighted by Crippen LogP contribution is 2.27. The fourth-order valence-corrected chi connectivity index (χ4v) is 4.08. The number of nitrogen functional groups attached to an aromatic ring is 1. The van der Waals surface area contributed by atoms with E-state index in [-0.39, 0.29) is 6.61 Å². The van der Waals surface area contributed by atoms with Gasteiger partial charge < -0.3 is 10.8 Å². The summed E-state index contributed by atoms with van der Waals surface area (Å²) in [6.07, 6.45) is 3.67.